The van der Waals surface area contributed by atoms with Gasteiger partial charge < -0.3 is 16.2 Å². The first-order valence-electron chi connectivity index (χ1n) is 4.28. The van der Waals surface area contributed by atoms with Crippen LogP contribution in [0.25, 0.3) is 0 Å². The minimum Gasteiger partial charge on any atom is -0.478 e. The Bertz CT molecular complexity index is 379. The fourth-order valence-corrected chi connectivity index (χ4v) is 0.969. The Kier molecular flexibility index (Phi) is 3.75. The maximum absolute atomic E-state index is 10.8. The zero-order valence-electron chi connectivity index (χ0n) is 7.93. The first kappa shape index (κ1) is 11.1. The van der Waals surface area contributed by atoms with Crippen molar-refractivity contribution in [2.24, 2.45) is 5.73 Å². The van der Waals surface area contributed by atoms with Gasteiger partial charge in [-0.3, -0.25) is 9.78 Å². The van der Waals surface area contributed by atoms with E-state index in [-0.39, 0.29) is 24.6 Å². The maximum Gasteiger partial charge on any atom is 0.335 e. The van der Waals surface area contributed by atoms with E-state index >= 15 is 0 Å². The summed E-state index contributed by atoms with van der Waals surface area (Å²) in [7, 11) is 0. The Morgan fingerprint density at radius 3 is 2.87 bits per heavy atom. The molecule has 0 saturated heterocycles. The molecule has 1 rings (SSSR count). The highest BCUT2D eigenvalue weighted by atomic mass is 16.4. The molecule has 15 heavy (non-hydrogen) atoms. The quantitative estimate of drug-likeness (QED) is 0.611. The van der Waals surface area contributed by atoms with Gasteiger partial charge >= 0.3 is 5.97 Å². The van der Waals surface area contributed by atoms with E-state index in [4.69, 9.17) is 10.8 Å². The summed E-state index contributed by atoms with van der Waals surface area (Å²) in [5.41, 5.74) is 5.71. The molecule has 1 aromatic heterocycles. The molecular weight excluding hydrogens is 198 g/mol. The summed E-state index contributed by atoms with van der Waals surface area (Å²) >= 11 is 0. The van der Waals surface area contributed by atoms with Gasteiger partial charge in [0.25, 0.3) is 0 Å². The first-order valence-corrected chi connectivity index (χ1v) is 4.28. The van der Waals surface area contributed by atoms with Crippen molar-refractivity contribution >= 4 is 11.9 Å². The number of pyridine rings is 1. The average Bonchev–Trinajstić information content (AvgIpc) is 2.26. The first-order chi connectivity index (χ1) is 7.13. The predicted octanol–water partition coefficient (Wildman–Crippen LogP) is -0.645. The van der Waals surface area contributed by atoms with Crippen molar-refractivity contribution in [2.75, 3.05) is 6.54 Å². The van der Waals surface area contributed by atoms with Gasteiger partial charge in [0.05, 0.1) is 24.3 Å². The number of rotatable bonds is 4. The molecule has 0 atom stereocenters. The zero-order valence-corrected chi connectivity index (χ0v) is 7.93. The molecule has 6 nitrogen and oxygen atoms in total. The van der Waals surface area contributed by atoms with Gasteiger partial charge in [0.2, 0.25) is 5.91 Å². The normalized spacial score (nSPS) is 9.67. The van der Waals surface area contributed by atoms with Crippen LogP contribution < -0.4 is 11.1 Å². The lowest BCUT2D eigenvalue weighted by molar-refractivity contribution is -0.119. The van der Waals surface area contributed by atoms with Crippen molar-refractivity contribution in [1.82, 2.24) is 10.3 Å². The second-order valence-electron chi connectivity index (χ2n) is 2.82. The fourth-order valence-electron chi connectivity index (χ4n) is 0.969. The summed E-state index contributed by atoms with van der Waals surface area (Å²) in [6.45, 7) is 0.0791. The van der Waals surface area contributed by atoms with E-state index in [0.717, 1.165) is 0 Å². The molecule has 0 saturated carbocycles. The number of nitrogens with two attached hydrogens (primary N) is 1. The molecule has 80 valence electrons. The van der Waals surface area contributed by atoms with Crippen molar-refractivity contribution in [3.63, 3.8) is 0 Å². The van der Waals surface area contributed by atoms with Crippen LogP contribution in [0.3, 0.4) is 0 Å². The standard InChI is InChI=1S/C9H11N3O3/c10-4-8(13)12-5-7-3-6(9(14)15)1-2-11-7/h1-3H,4-5,10H2,(H,12,13)(H,14,15). The van der Waals surface area contributed by atoms with Crippen LogP contribution >= 0.6 is 0 Å². The van der Waals surface area contributed by atoms with Gasteiger partial charge in [-0.25, -0.2) is 4.79 Å². The second kappa shape index (κ2) is 5.06. The van der Waals surface area contributed by atoms with E-state index in [2.05, 4.69) is 10.3 Å². The number of hydrogen-bond donors (Lipinski definition) is 3. The highest BCUT2D eigenvalue weighted by molar-refractivity contribution is 5.87. The van der Waals surface area contributed by atoms with Crippen molar-refractivity contribution in [3.8, 4) is 0 Å². The molecule has 1 aromatic rings. The lowest BCUT2D eigenvalue weighted by atomic mass is 10.2. The number of nitrogens with one attached hydrogen (secondary N) is 1. The van der Waals surface area contributed by atoms with Crippen molar-refractivity contribution in [2.45, 2.75) is 6.54 Å². The summed E-state index contributed by atoms with van der Waals surface area (Å²) in [5, 5.41) is 11.2. The van der Waals surface area contributed by atoms with E-state index in [0.29, 0.717) is 5.69 Å². The maximum atomic E-state index is 10.8. The van der Waals surface area contributed by atoms with Crippen LogP contribution in [0.1, 0.15) is 16.1 Å². The van der Waals surface area contributed by atoms with Crippen molar-refractivity contribution in [1.29, 1.82) is 0 Å². The number of carbonyl (C=O) groups excluding carboxylic acids is 1. The molecule has 0 aromatic carbocycles. The summed E-state index contributed by atoms with van der Waals surface area (Å²) in [5.74, 6) is -1.33. The Morgan fingerprint density at radius 1 is 1.53 bits per heavy atom. The van der Waals surface area contributed by atoms with Crippen LogP contribution in [-0.2, 0) is 11.3 Å². The monoisotopic (exact) mass is 209 g/mol. The van der Waals surface area contributed by atoms with E-state index in [9.17, 15) is 9.59 Å². The van der Waals surface area contributed by atoms with E-state index < -0.39 is 5.97 Å². The smallest absolute Gasteiger partial charge is 0.335 e. The molecule has 0 spiro atoms. The number of carboxylic acid groups (broad SMARTS) is 1. The van der Waals surface area contributed by atoms with Crippen molar-refractivity contribution in [3.05, 3.63) is 29.6 Å². The second-order valence-corrected chi connectivity index (χ2v) is 2.82. The number of aromatic carboxylic acids is 1. The predicted molar refractivity (Wildman–Crippen MR) is 52.1 cm³/mol. The third-order valence-electron chi connectivity index (χ3n) is 1.72. The van der Waals surface area contributed by atoms with E-state index in [1.807, 2.05) is 0 Å². The molecule has 1 amide bonds. The molecule has 0 bridgehead atoms. The number of amides is 1. The minimum atomic E-state index is -1.02. The van der Waals surface area contributed by atoms with Gasteiger partial charge in [0.1, 0.15) is 0 Å². The van der Waals surface area contributed by atoms with Crippen LogP contribution in [0.4, 0.5) is 0 Å². The van der Waals surface area contributed by atoms with Crippen molar-refractivity contribution < 1.29 is 14.7 Å². The summed E-state index contributed by atoms with van der Waals surface area (Å²) in [4.78, 5) is 25.3. The van der Waals surface area contributed by atoms with Crippen LogP contribution in [0.5, 0.6) is 0 Å². The highest BCUT2D eigenvalue weighted by Crippen LogP contribution is 2.01. The number of aromatic nitrogens is 1. The van der Waals surface area contributed by atoms with Gasteiger partial charge in [-0.05, 0) is 12.1 Å². The van der Waals surface area contributed by atoms with Gasteiger partial charge in [-0.2, -0.15) is 0 Å². The lowest BCUT2D eigenvalue weighted by Gasteiger charge is -2.03. The van der Waals surface area contributed by atoms with Crippen LogP contribution in [0, 0.1) is 0 Å². The minimum absolute atomic E-state index is 0.0986. The Balaban J connectivity index is 2.66. The van der Waals surface area contributed by atoms with Gasteiger partial charge in [0, 0.05) is 6.20 Å². The largest absolute Gasteiger partial charge is 0.478 e. The molecule has 0 aliphatic carbocycles. The van der Waals surface area contributed by atoms with E-state index in [1.165, 1.54) is 18.3 Å². The van der Waals surface area contributed by atoms with E-state index in [1.54, 1.807) is 0 Å². The van der Waals surface area contributed by atoms with Crippen LogP contribution in [0.2, 0.25) is 0 Å². The van der Waals surface area contributed by atoms with Crippen LogP contribution in [-0.4, -0.2) is 28.5 Å². The molecule has 0 fully saturated rings. The molecular formula is C9H11N3O3. The highest BCUT2D eigenvalue weighted by Gasteiger charge is 2.04. The number of hydrogen-bond acceptors (Lipinski definition) is 4. The third-order valence-corrected chi connectivity index (χ3v) is 1.72. The van der Waals surface area contributed by atoms with Gasteiger partial charge in [-0.15, -0.1) is 0 Å². The third kappa shape index (κ3) is 3.35. The SMILES string of the molecule is NCC(=O)NCc1cc(C(=O)O)ccn1. The Labute approximate surface area is 86.1 Å². The summed E-state index contributed by atoms with van der Waals surface area (Å²) in [6.07, 6.45) is 1.38. The molecule has 4 N–H and O–H groups in total. The fraction of sp³-hybridized carbons (Fsp3) is 0.222. The Hall–Kier alpha value is -1.95. The molecule has 6 heteroatoms. The molecule has 1 heterocycles. The molecule has 0 radical (unpaired) electrons. The van der Waals surface area contributed by atoms with Crippen LogP contribution in [0.15, 0.2) is 18.3 Å². The Morgan fingerprint density at radius 2 is 2.27 bits per heavy atom. The number of nitrogens with zero attached hydrogens (tertiary/aromatic N) is 1. The lowest BCUT2D eigenvalue weighted by Crippen LogP contribution is -2.30. The topological polar surface area (TPSA) is 105 Å². The average molecular weight is 209 g/mol. The zero-order chi connectivity index (χ0) is 11.3. The van der Waals surface area contributed by atoms with Gasteiger partial charge in [-0.1, -0.05) is 0 Å². The molecule has 0 aliphatic heterocycles. The van der Waals surface area contributed by atoms with Gasteiger partial charge in [0.15, 0.2) is 0 Å². The summed E-state index contributed by atoms with van der Waals surface area (Å²) in [6, 6.07) is 2.79. The molecule has 0 aliphatic rings. The number of carboxylic acids is 1. The summed E-state index contributed by atoms with van der Waals surface area (Å²) < 4.78 is 0. The molecule has 0 unspecified atom stereocenters. The number of carbonyl (C=O) groups is 2.